The molecule has 0 radical (unpaired) electrons. The van der Waals surface area contributed by atoms with Crippen molar-refractivity contribution in [3.63, 3.8) is 0 Å². The standard InChI is InChI=1S/C19H34N2O3S/c1-16(2)10-14(11-17(3,4)21-16)20-25(23,24)12-19-8-7-13(9-15(19)22)18(19,5)6/h13-14,20-21H,7-12H2,1-6H3/p+1/t13-,19-/m1/s1. The van der Waals surface area contributed by atoms with E-state index in [2.05, 4.69) is 51.6 Å². The van der Waals surface area contributed by atoms with Gasteiger partial charge in [0.1, 0.15) is 5.78 Å². The number of fused-ring (bicyclic) bond motifs is 2. The summed E-state index contributed by atoms with van der Waals surface area (Å²) in [5.41, 5.74) is -0.880. The van der Waals surface area contributed by atoms with Crippen LogP contribution >= 0.6 is 0 Å². The van der Waals surface area contributed by atoms with Crippen molar-refractivity contribution >= 4 is 15.8 Å². The van der Waals surface area contributed by atoms with Crippen molar-refractivity contribution in [2.24, 2.45) is 16.7 Å². The summed E-state index contributed by atoms with van der Waals surface area (Å²) in [7, 11) is -3.50. The molecule has 0 unspecified atom stereocenters. The van der Waals surface area contributed by atoms with E-state index < -0.39 is 15.4 Å². The molecule has 2 bridgehead atoms. The van der Waals surface area contributed by atoms with E-state index in [1.165, 1.54) is 0 Å². The molecule has 0 amide bonds. The number of Topliss-reactive ketones (excluding diaryl/α,β-unsaturated/α-hetero) is 1. The molecule has 3 rings (SSSR count). The van der Waals surface area contributed by atoms with E-state index in [9.17, 15) is 13.2 Å². The second kappa shape index (κ2) is 5.52. The fourth-order valence-electron chi connectivity index (χ4n) is 6.33. The van der Waals surface area contributed by atoms with Crippen LogP contribution in [0.5, 0.6) is 0 Å². The first-order chi connectivity index (χ1) is 11.2. The Morgan fingerprint density at radius 2 is 1.64 bits per heavy atom. The number of piperidine rings is 1. The van der Waals surface area contributed by atoms with Gasteiger partial charge >= 0.3 is 0 Å². The highest BCUT2D eigenvalue weighted by atomic mass is 32.2. The number of quaternary nitrogens is 1. The van der Waals surface area contributed by atoms with Crippen LogP contribution in [0.2, 0.25) is 0 Å². The molecule has 3 N–H and O–H groups in total. The van der Waals surface area contributed by atoms with Crippen LogP contribution in [-0.4, -0.2) is 37.1 Å². The van der Waals surface area contributed by atoms with Crippen LogP contribution in [0.3, 0.4) is 0 Å². The SMILES string of the molecule is CC1(C)CC(NS(=O)(=O)C[C@]23CC[C@H](CC2=O)C3(C)C)CC(C)(C)[NH2+]1. The smallest absolute Gasteiger partial charge is 0.212 e. The monoisotopic (exact) mass is 371 g/mol. The van der Waals surface area contributed by atoms with Crippen molar-refractivity contribution in [3.8, 4) is 0 Å². The fourth-order valence-corrected chi connectivity index (χ4v) is 8.41. The maximum Gasteiger partial charge on any atom is 0.212 e. The van der Waals surface area contributed by atoms with Gasteiger partial charge in [0.05, 0.1) is 16.8 Å². The van der Waals surface area contributed by atoms with E-state index in [0.717, 1.165) is 25.7 Å². The summed E-state index contributed by atoms with van der Waals surface area (Å²) in [6.07, 6.45) is 3.87. The maximum absolute atomic E-state index is 13.0. The summed E-state index contributed by atoms with van der Waals surface area (Å²) in [6, 6.07) is -0.0618. The van der Waals surface area contributed by atoms with Crippen LogP contribution in [0.1, 0.15) is 73.6 Å². The van der Waals surface area contributed by atoms with Gasteiger partial charge < -0.3 is 5.32 Å². The van der Waals surface area contributed by atoms with Crippen LogP contribution in [0, 0.1) is 16.7 Å². The number of carbonyl (C=O) groups excluding carboxylic acids is 1. The molecule has 2 atom stereocenters. The number of ketones is 1. The molecule has 1 saturated heterocycles. The predicted octanol–water partition coefficient (Wildman–Crippen LogP) is 1.58. The summed E-state index contributed by atoms with van der Waals surface area (Å²) < 4.78 is 29.0. The van der Waals surface area contributed by atoms with Gasteiger partial charge in [-0.3, -0.25) is 4.79 Å². The molecular formula is C19H35N2O3S+. The molecule has 0 aromatic rings. The van der Waals surface area contributed by atoms with Gasteiger partial charge in [-0.25, -0.2) is 13.1 Å². The molecule has 2 aliphatic carbocycles. The van der Waals surface area contributed by atoms with E-state index in [1.54, 1.807) is 0 Å². The van der Waals surface area contributed by atoms with Crippen molar-refractivity contribution in [1.29, 1.82) is 0 Å². The number of rotatable bonds is 4. The molecule has 6 heteroatoms. The molecule has 0 spiro atoms. The van der Waals surface area contributed by atoms with Gasteiger partial charge in [0.2, 0.25) is 10.0 Å². The lowest BCUT2D eigenvalue weighted by Crippen LogP contribution is -3.06. The lowest BCUT2D eigenvalue weighted by Gasteiger charge is -2.43. The van der Waals surface area contributed by atoms with Crippen LogP contribution in [0.15, 0.2) is 0 Å². The zero-order valence-corrected chi connectivity index (χ0v) is 17.4. The van der Waals surface area contributed by atoms with Gasteiger partial charge in [0.15, 0.2) is 0 Å². The third kappa shape index (κ3) is 3.30. The minimum atomic E-state index is -3.50. The average molecular weight is 372 g/mol. The summed E-state index contributed by atoms with van der Waals surface area (Å²) >= 11 is 0. The molecule has 1 heterocycles. The molecule has 5 nitrogen and oxygen atoms in total. The zero-order chi connectivity index (χ0) is 18.9. The van der Waals surface area contributed by atoms with E-state index in [1.807, 2.05) is 0 Å². The molecule has 0 aromatic carbocycles. The van der Waals surface area contributed by atoms with Crippen molar-refractivity contribution in [3.05, 3.63) is 0 Å². The number of nitrogens with one attached hydrogen (secondary N) is 1. The first-order valence-corrected chi connectivity index (χ1v) is 11.2. The lowest BCUT2D eigenvalue weighted by molar-refractivity contribution is -0.787. The van der Waals surface area contributed by atoms with Crippen molar-refractivity contribution in [2.45, 2.75) is 90.8 Å². The minimum Gasteiger partial charge on any atom is -0.337 e. The van der Waals surface area contributed by atoms with Crippen molar-refractivity contribution in [2.75, 3.05) is 5.75 Å². The van der Waals surface area contributed by atoms with Gasteiger partial charge in [-0.2, -0.15) is 0 Å². The van der Waals surface area contributed by atoms with E-state index in [4.69, 9.17) is 0 Å². The highest BCUT2D eigenvalue weighted by molar-refractivity contribution is 7.89. The Labute approximate surface area is 152 Å². The molecule has 3 fully saturated rings. The maximum atomic E-state index is 13.0. The van der Waals surface area contributed by atoms with Gasteiger partial charge in [-0.05, 0) is 51.9 Å². The van der Waals surface area contributed by atoms with Crippen molar-refractivity contribution in [1.82, 2.24) is 4.72 Å². The minimum absolute atomic E-state index is 0.00806. The van der Waals surface area contributed by atoms with Crippen molar-refractivity contribution < 1.29 is 18.5 Å². The predicted molar refractivity (Wildman–Crippen MR) is 98.6 cm³/mol. The number of carbonyl (C=O) groups is 1. The molecule has 1 aliphatic heterocycles. The summed E-state index contributed by atoms with van der Waals surface area (Å²) in [6.45, 7) is 12.8. The fraction of sp³-hybridized carbons (Fsp3) is 0.947. The molecule has 3 aliphatic rings. The van der Waals surface area contributed by atoms with Crippen LogP contribution in [0.4, 0.5) is 0 Å². The summed E-state index contributed by atoms with van der Waals surface area (Å²) in [5, 5.41) is 2.34. The Bertz CT molecular complexity index is 665. The normalized spacial score (nSPS) is 36.7. The summed E-state index contributed by atoms with van der Waals surface area (Å²) in [5.74, 6) is 0.470. The number of hydrogen-bond donors (Lipinski definition) is 2. The first kappa shape index (κ1) is 19.3. The van der Waals surface area contributed by atoms with E-state index >= 15 is 0 Å². The third-order valence-corrected chi connectivity index (χ3v) is 8.81. The topological polar surface area (TPSA) is 79.8 Å². The van der Waals surface area contributed by atoms with Crippen LogP contribution in [0.25, 0.3) is 0 Å². The average Bonchev–Trinajstić information content (AvgIpc) is 2.67. The van der Waals surface area contributed by atoms with Crippen LogP contribution in [-0.2, 0) is 14.8 Å². The second-order valence-electron chi connectivity index (χ2n) is 10.8. The Morgan fingerprint density at radius 1 is 1.08 bits per heavy atom. The molecule has 144 valence electrons. The van der Waals surface area contributed by atoms with E-state index in [-0.39, 0.29) is 34.1 Å². The van der Waals surface area contributed by atoms with Crippen LogP contribution < -0.4 is 10.0 Å². The highest BCUT2D eigenvalue weighted by Crippen LogP contribution is 2.64. The Balaban J connectivity index is 1.78. The number of nitrogens with two attached hydrogens (primary N) is 1. The molecule has 25 heavy (non-hydrogen) atoms. The van der Waals surface area contributed by atoms with E-state index in [0.29, 0.717) is 12.3 Å². The molecular weight excluding hydrogens is 336 g/mol. The largest absolute Gasteiger partial charge is 0.337 e. The Morgan fingerprint density at radius 3 is 2.08 bits per heavy atom. The second-order valence-corrected chi connectivity index (χ2v) is 12.5. The zero-order valence-electron chi connectivity index (χ0n) is 16.6. The number of hydrogen-bond acceptors (Lipinski definition) is 3. The number of sulfonamides is 1. The molecule has 0 aromatic heterocycles. The van der Waals surface area contributed by atoms with Gasteiger partial charge in [-0.15, -0.1) is 0 Å². The quantitative estimate of drug-likeness (QED) is 0.787. The summed E-state index contributed by atoms with van der Waals surface area (Å²) in [4.78, 5) is 12.7. The first-order valence-electron chi connectivity index (χ1n) is 9.59. The van der Waals surface area contributed by atoms with Gasteiger partial charge in [0.25, 0.3) is 0 Å². The Kier molecular flexibility index (Phi) is 4.26. The lowest BCUT2D eigenvalue weighted by atomic mass is 9.70. The Hall–Kier alpha value is -0.460. The molecule has 2 saturated carbocycles. The van der Waals surface area contributed by atoms with Gasteiger partial charge in [-0.1, -0.05) is 13.8 Å². The third-order valence-electron chi connectivity index (χ3n) is 7.25. The van der Waals surface area contributed by atoms with Gasteiger partial charge in [0, 0.05) is 30.7 Å². The highest BCUT2D eigenvalue weighted by Gasteiger charge is 2.65.